The third-order valence-corrected chi connectivity index (χ3v) is 7.35. The molecular weight excluding hydrogens is 500 g/mol. The van der Waals surface area contributed by atoms with Crippen molar-refractivity contribution in [3.8, 4) is 0 Å². The fourth-order valence-corrected chi connectivity index (χ4v) is 5.52. The number of carbonyl (C=O) groups excluding carboxylic acids is 2. The number of likely N-dealkylation sites (tertiary alicyclic amines) is 1. The van der Waals surface area contributed by atoms with Gasteiger partial charge in [0.25, 0.3) is 0 Å². The van der Waals surface area contributed by atoms with Gasteiger partial charge in [-0.1, -0.05) is 13.0 Å². The number of piperidine rings is 1. The molecule has 1 saturated carbocycles. The topological polar surface area (TPSA) is 132 Å². The number of rotatable bonds is 4. The molecule has 0 radical (unpaired) electrons. The summed E-state index contributed by atoms with van der Waals surface area (Å²) in [4.78, 5) is 45.9. The molecule has 2 aliphatic rings. The normalized spacial score (nSPS) is 23.3. The summed E-state index contributed by atoms with van der Waals surface area (Å²) in [5.74, 6) is 0.384. The molecule has 6 rings (SSSR count). The number of pyridine rings is 2. The molecule has 3 atom stereocenters. The minimum Gasteiger partial charge on any atom is -0.383 e. The van der Waals surface area contributed by atoms with Gasteiger partial charge in [0, 0.05) is 17.6 Å². The number of amides is 2. The first-order valence-corrected chi connectivity index (χ1v) is 11.7. The quantitative estimate of drug-likeness (QED) is 0.395. The van der Waals surface area contributed by atoms with E-state index in [1.807, 2.05) is 12.1 Å². The van der Waals surface area contributed by atoms with E-state index in [9.17, 15) is 9.59 Å². The predicted molar refractivity (Wildman–Crippen MR) is 130 cm³/mol. The molecule has 34 heavy (non-hydrogen) atoms. The second-order valence-corrected chi connectivity index (χ2v) is 9.96. The SMILES string of the molecule is C[C@@]12C[C@@H](C(=O)Nc3cccc(Br)n3)N(C(=O)Cn3c4ncccc4c4c(N)ncnc43)[C@@H]1C2. The number of aromatic nitrogens is 5. The van der Waals surface area contributed by atoms with Gasteiger partial charge in [-0.05, 0) is 58.5 Å². The lowest BCUT2D eigenvalue weighted by atomic mass is 10.0. The number of nitrogens with zero attached hydrogens (tertiary/aromatic N) is 6. The molecule has 1 aliphatic heterocycles. The van der Waals surface area contributed by atoms with Gasteiger partial charge in [0.15, 0.2) is 0 Å². The van der Waals surface area contributed by atoms with Crippen molar-refractivity contribution in [2.45, 2.75) is 38.4 Å². The average molecular weight is 521 g/mol. The molecule has 3 N–H and O–H groups in total. The summed E-state index contributed by atoms with van der Waals surface area (Å²) < 4.78 is 2.38. The first-order chi connectivity index (χ1) is 16.4. The molecule has 4 aromatic heterocycles. The van der Waals surface area contributed by atoms with Crippen LogP contribution >= 0.6 is 15.9 Å². The van der Waals surface area contributed by atoms with E-state index in [0.29, 0.717) is 39.3 Å². The van der Waals surface area contributed by atoms with E-state index in [0.717, 1.165) is 11.8 Å². The Bertz CT molecular complexity index is 1490. The highest BCUT2D eigenvalue weighted by molar-refractivity contribution is 9.10. The number of nitrogens with one attached hydrogen (secondary N) is 1. The van der Waals surface area contributed by atoms with E-state index in [1.165, 1.54) is 6.33 Å². The Hall–Kier alpha value is -3.60. The third kappa shape index (κ3) is 3.22. The third-order valence-electron chi connectivity index (χ3n) is 6.91. The lowest BCUT2D eigenvalue weighted by Gasteiger charge is -2.27. The average Bonchev–Trinajstić information content (AvgIpc) is 3.21. The summed E-state index contributed by atoms with van der Waals surface area (Å²) >= 11 is 3.32. The number of carbonyl (C=O) groups is 2. The highest BCUT2D eigenvalue weighted by Gasteiger charge is 2.64. The fraction of sp³-hybridized carbons (Fsp3) is 0.304. The number of fused-ring (bicyclic) bond motifs is 4. The first kappa shape index (κ1) is 21.0. The van der Waals surface area contributed by atoms with E-state index in [1.54, 1.807) is 33.9 Å². The first-order valence-electron chi connectivity index (χ1n) is 10.9. The Labute approximate surface area is 202 Å². The van der Waals surface area contributed by atoms with Crippen molar-refractivity contribution in [2.24, 2.45) is 5.41 Å². The molecule has 10 nitrogen and oxygen atoms in total. The van der Waals surface area contributed by atoms with Gasteiger partial charge in [0.2, 0.25) is 11.8 Å². The van der Waals surface area contributed by atoms with E-state index in [-0.39, 0.29) is 29.8 Å². The highest BCUT2D eigenvalue weighted by atomic mass is 79.9. The van der Waals surface area contributed by atoms with Crippen molar-refractivity contribution in [1.82, 2.24) is 29.4 Å². The minimum absolute atomic E-state index is 0.00103. The lowest BCUT2D eigenvalue weighted by molar-refractivity contribution is -0.138. The zero-order valence-corrected chi connectivity index (χ0v) is 19.9. The van der Waals surface area contributed by atoms with E-state index >= 15 is 0 Å². The second kappa shape index (κ2) is 7.45. The summed E-state index contributed by atoms with van der Waals surface area (Å²) in [5.41, 5.74) is 7.24. The molecule has 0 aromatic carbocycles. The molecule has 2 amide bonds. The van der Waals surface area contributed by atoms with Crippen LogP contribution in [0, 0.1) is 5.41 Å². The van der Waals surface area contributed by atoms with Crippen LogP contribution in [0.15, 0.2) is 47.5 Å². The van der Waals surface area contributed by atoms with Crippen LogP contribution in [0.5, 0.6) is 0 Å². The van der Waals surface area contributed by atoms with Crippen molar-refractivity contribution in [1.29, 1.82) is 0 Å². The Kier molecular flexibility index (Phi) is 4.60. The van der Waals surface area contributed by atoms with E-state index < -0.39 is 6.04 Å². The minimum atomic E-state index is -0.572. The Balaban J connectivity index is 1.33. The number of hydrogen-bond acceptors (Lipinski definition) is 7. The molecule has 2 fully saturated rings. The number of hydrogen-bond donors (Lipinski definition) is 2. The Morgan fingerprint density at radius 1 is 1.18 bits per heavy atom. The van der Waals surface area contributed by atoms with Crippen molar-refractivity contribution in [3.63, 3.8) is 0 Å². The monoisotopic (exact) mass is 520 g/mol. The molecule has 1 saturated heterocycles. The van der Waals surface area contributed by atoms with Crippen molar-refractivity contribution in [2.75, 3.05) is 11.1 Å². The zero-order valence-electron chi connectivity index (χ0n) is 18.3. The van der Waals surface area contributed by atoms with Crippen LogP contribution in [-0.4, -0.2) is 53.3 Å². The van der Waals surface area contributed by atoms with Gasteiger partial charge in [-0.2, -0.15) is 0 Å². The predicted octanol–water partition coefficient (Wildman–Crippen LogP) is 2.74. The number of anilines is 2. The summed E-state index contributed by atoms with van der Waals surface area (Å²) in [7, 11) is 0. The van der Waals surface area contributed by atoms with E-state index in [4.69, 9.17) is 5.73 Å². The van der Waals surface area contributed by atoms with Crippen LogP contribution in [0.4, 0.5) is 11.6 Å². The van der Waals surface area contributed by atoms with Crippen LogP contribution in [0.2, 0.25) is 0 Å². The standard InChI is InChI=1S/C23H21BrN8O2/c1-23-8-13(22(34)30-16-6-2-5-15(24)29-16)32(14(23)9-23)17(33)10-31-20-12(4-3-7-26-20)18-19(25)27-11-28-21(18)31/h2-7,11,13-14H,8-10H2,1H3,(H2,25,27,28)(H,29,30,34)/t13-,14+,23-/m0/s1. The summed E-state index contributed by atoms with van der Waals surface area (Å²) in [5, 5.41) is 4.32. The molecule has 0 bridgehead atoms. The molecule has 5 heterocycles. The second-order valence-electron chi connectivity index (χ2n) is 9.15. The van der Waals surface area contributed by atoms with Gasteiger partial charge in [0.1, 0.15) is 46.4 Å². The van der Waals surface area contributed by atoms with Gasteiger partial charge in [-0.15, -0.1) is 0 Å². The number of nitrogens with two attached hydrogens (primary N) is 1. The smallest absolute Gasteiger partial charge is 0.248 e. The van der Waals surface area contributed by atoms with Crippen LogP contribution in [0.1, 0.15) is 19.8 Å². The Morgan fingerprint density at radius 2 is 2.03 bits per heavy atom. The van der Waals surface area contributed by atoms with Crippen LogP contribution < -0.4 is 11.1 Å². The van der Waals surface area contributed by atoms with Crippen LogP contribution in [-0.2, 0) is 16.1 Å². The van der Waals surface area contributed by atoms with Gasteiger partial charge >= 0.3 is 0 Å². The maximum Gasteiger partial charge on any atom is 0.248 e. The van der Waals surface area contributed by atoms with Crippen molar-refractivity contribution >= 4 is 61.4 Å². The molecule has 0 spiro atoms. The van der Waals surface area contributed by atoms with Gasteiger partial charge in [-0.3, -0.25) is 9.59 Å². The van der Waals surface area contributed by atoms with Crippen molar-refractivity contribution in [3.05, 3.63) is 47.5 Å². The summed E-state index contributed by atoms with van der Waals surface area (Å²) in [6.45, 7) is 2.12. The molecule has 0 unspecified atom stereocenters. The van der Waals surface area contributed by atoms with Crippen LogP contribution in [0.25, 0.3) is 22.1 Å². The summed E-state index contributed by atoms with van der Waals surface area (Å²) in [6.07, 6.45) is 4.55. The molecule has 11 heteroatoms. The van der Waals surface area contributed by atoms with Gasteiger partial charge in [-0.25, -0.2) is 19.9 Å². The lowest BCUT2D eigenvalue weighted by Crippen LogP contribution is -2.46. The maximum atomic E-state index is 13.7. The van der Waals surface area contributed by atoms with Gasteiger partial charge < -0.3 is 20.5 Å². The van der Waals surface area contributed by atoms with E-state index in [2.05, 4.69) is 48.1 Å². The van der Waals surface area contributed by atoms with Crippen LogP contribution in [0.3, 0.4) is 0 Å². The number of halogens is 1. The number of nitrogen functional groups attached to an aromatic ring is 1. The Morgan fingerprint density at radius 3 is 2.85 bits per heavy atom. The zero-order chi connectivity index (χ0) is 23.6. The largest absolute Gasteiger partial charge is 0.383 e. The fourth-order valence-electron chi connectivity index (χ4n) is 5.17. The van der Waals surface area contributed by atoms with Crippen molar-refractivity contribution < 1.29 is 9.59 Å². The highest BCUT2D eigenvalue weighted by Crippen LogP contribution is 2.59. The van der Waals surface area contributed by atoms with Gasteiger partial charge in [0.05, 0.1) is 5.39 Å². The molecule has 172 valence electrons. The molecule has 1 aliphatic carbocycles. The molecule has 4 aromatic rings. The maximum absolute atomic E-state index is 13.7. The summed E-state index contributed by atoms with van der Waals surface area (Å²) in [6, 6.07) is 8.47. The molecular formula is C23H21BrN8O2.